The molecule has 3 aromatic rings. The summed E-state index contributed by atoms with van der Waals surface area (Å²) in [6, 6.07) is 8.24. The molecule has 2 aromatic heterocycles. The molecule has 3 heterocycles. The van der Waals surface area contributed by atoms with Crippen molar-refractivity contribution in [2.45, 2.75) is 64.5 Å². The molecule has 2 saturated carbocycles. The molecule has 2 fully saturated rings. The van der Waals surface area contributed by atoms with Crippen molar-refractivity contribution < 1.29 is 4.79 Å². The second-order valence-corrected chi connectivity index (χ2v) is 12.4. The molecule has 4 aliphatic rings. The second kappa shape index (κ2) is 6.79. The maximum atomic E-state index is 13.1. The van der Waals surface area contributed by atoms with Crippen molar-refractivity contribution in [2.24, 2.45) is 16.3 Å². The van der Waals surface area contributed by atoms with Crippen LogP contribution in [0.3, 0.4) is 0 Å². The third-order valence-electron chi connectivity index (χ3n) is 8.01. The number of aromatic nitrogens is 3. The van der Waals surface area contributed by atoms with Crippen LogP contribution in [0.2, 0.25) is 5.02 Å². The van der Waals surface area contributed by atoms with E-state index in [1.54, 1.807) is 11.3 Å². The predicted molar refractivity (Wildman–Crippen MR) is 133 cm³/mol. The van der Waals surface area contributed by atoms with Gasteiger partial charge in [-0.15, -0.1) is 21.5 Å². The van der Waals surface area contributed by atoms with Crippen molar-refractivity contribution in [2.75, 3.05) is 0 Å². The third-order valence-corrected chi connectivity index (χ3v) is 9.58. The van der Waals surface area contributed by atoms with E-state index in [1.165, 1.54) is 10.4 Å². The van der Waals surface area contributed by atoms with Crippen LogP contribution in [-0.4, -0.2) is 32.4 Å². The maximum Gasteiger partial charge on any atom is 0.224 e. The lowest BCUT2D eigenvalue weighted by atomic mass is 9.97. The molecular formula is C26H26ClN5OS. The highest BCUT2D eigenvalue weighted by atomic mass is 35.5. The van der Waals surface area contributed by atoms with Gasteiger partial charge >= 0.3 is 0 Å². The van der Waals surface area contributed by atoms with Crippen LogP contribution in [0.15, 0.2) is 29.3 Å². The predicted octanol–water partition coefficient (Wildman–Crippen LogP) is 4.76. The number of nitrogens with zero attached hydrogens (tertiary/aromatic N) is 4. The molecule has 0 saturated heterocycles. The first-order valence-corrected chi connectivity index (χ1v) is 13.2. The number of nitrogens with one attached hydrogen (secondary N) is 1. The zero-order chi connectivity index (χ0) is 23.4. The molecule has 34 heavy (non-hydrogen) atoms. The summed E-state index contributed by atoms with van der Waals surface area (Å²) in [6.07, 6.45) is 4.47. The number of aryl methyl sites for hydroxylation is 1. The Morgan fingerprint density at radius 1 is 1.21 bits per heavy atom. The van der Waals surface area contributed by atoms with Crippen LogP contribution in [0.1, 0.15) is 66.3 Å². The van der Waals surface area contributed by atoms with Crippen molar-refractivity contribution in [1.82, 2.24) is 20.1 Å². The molecule has 1 aliphatic heterocycles. The van der Waals surface area contributed by atoms with E-state index in [4.69, 9.17) is 16.6 Å². The third kappa shape index (κ3) is 2.92. The lowest BCUT2D eigenvalue weighted by Crippen LogP contribution is -2.34. The van der Waals surface area contributed by atoms with Crippen LogP contribution in [-0.2, 0) is 23.2 Å². The minimum atomic E-state index is -0.339. The van der Waals surface area contributed by atoms with Gasteiger partial charge in [0.15, 0.2) is 5.82 Å². The van der Waals surface area contributed by atoms with E-state index in [-0.39, 0.29) is 22.8 Å². The van der Waals surface area contributed by atoms with Gasteiger partial charge in [0.05, 0.1) is 5.71 Å². The summed E-state index contributed by atoms with van der Waals surface area (Å²) in [4.78, 5) is 19.8. The van der Waals surface area contributed by atoms with Gasteiger partial charge in [-0.1, -0.05) is 43.6 Å². The van der Waals surface area contributed by atoms with Gasteiger partial charge in [0.1, 0.15) is 16.4 Å². The Labute approximate surface area is 207 Å². The number of thiophene rings is 1. The first-order chi connectivity index (χ1) is 16.3. The Bertz CT molecular complexity index is 1410. The number of rotatable bonds is 3. The van der Waals surface area contributed by atoms with Gasteiger partial charge in [-0.05, 0) is 56.1 Å². The fourth-order valence-corrected chi connectivity index (χ4v) is 7.22. The van der Waals surface area contributed by atoms with E-state index in [1.807, 2.05) is 25.1 Å². The maximum absolute atomic E-state index is 13.1. The fourth-order valence-electron chi connectivity index (χ4n) is 5.54. The number of hydrogen-bond donors (Lipinski definition) is 1. The molecule has 0 radical (unpaired) electrons. The molecule has 7 rings (SSSR count). The minimum Gasteiger partial charge on any atom is -0.353 e. The van der Waals surface area contributed by atoms with Crippen LogP contribution in [0.25, 0.3) is 5.00 Å². The Morgan fingerprint density at radius 2 is 1.97 bits per heavy atom. The summed E-state index contributed by atoms with van der Waals surface area (Å²) in [6.45, 7) is 6.43. The van der Waals surface area contributed by atoms with Gasteiger partial charge in [0, 0.05) is 33.0 Å². The molecule has 174 valence electrons. The van der Waals surface area contributed by atoms with E-state index in [2.05, 4.69) is 40.0 Å². The first kappa shape index (κ1) is 20.8. The number of aliphatic imine (C=N–C) groups is 1. The summed E-state index contributed by atoms with van der Waals surface area (Å²) < 4.78 is 2.21. The van der Waals surface area contributed by atoms with Crippen molar-refractivity contribution in [3.63, 3.8) is 0 Å². The van der Waals surface area contributed by atoms with Gasteiger partial charge in [0.2, 0.25) is 5.91 Å². The molecule has 1 spiro atoms. The van der Waals surface area contributed by atoms with Crippen molar-refractivity contribution >= 4 is 34.6 Å². The molecule has 6 nitrogen and oxygen atoms in total. The number of carbonyl (C=O) groups is 1. The normalized spacial score (nSPS) is 24.6. The smallest absolute Gasteiger partial charge is 0.224 e. The fraction of sp³-hybridized carbons (Fsp3) is 0.462. The topological polar surface area (TPSA) is 72.2 Å². The molecule has 8 heteroatoms. The quantitative estimate of drug-likeness (QED) is 0.574. The number of carbonyl (C=O) groups excluding carboxylic acids is 1. The lowest BCUT2D eigenvalue weighted by molar-refractivity contribution is -0.125. The molecule has 1 N–H and O–H groups in total. The highest BCUT2D eigenvalue weighted by Gasteiger charge is 2.52. The molecule has 0 bridgehead atoms. The molecule has 1 amide bonds. The molecule has 3 aliphatic carbocycles. The number of hydrogen-bond acceptors (Lipinski definition) is 5. The van der Waals surface area contributed by atoms with Gasteiger partial charge in [-0.25, -0.2) is 0 Å². The summed E-state index contributed by atoms with van der Waals surface area (Å²) in [5, 5.41) is 14.1. The largest absolute Gasteiger partial charge is 0.353 e. The van der Waals surface area contributed by atoms with Gasteiger partial charge < -0.3 is 5.32 Å². The van der Waals surface area contributed by atoms with Crippen LogP contribution in [0.5, 0.6) is 0 Å². The van der Waals surface area contributed by atoms with Crippen LogP contribution >= 0.6 is 22.9 Å². The highest BCUT2D eigenvalue weighted by molar-refractivity contribution is 7.15. The molecule has 1 unspecified atom stereocenters. The first-order valence-electron chi connectivity index (χ1n) is 12.0. The zero-order valence-corrected chi connectivity index (χ0v) is 21.1. The van der Waals surface area contributed by atoms with E-state index in [0.29, 0.717) is 11.1 Å². The lowest BCUT2D eigenvalue weighted by Gasteiger charge is -2.14. The van der Waals surface area contributed by atoms with Crippen LogP contribution in [0.4, 0.5) is 0 Å². The summed E-state index contributed by atoms with van der Waals surface area (Å²) in [5.41, 5.74) is 4.12. The average Bonchev–Trinajstić information content (AvgIpc) is 3.49. The van der Waals surface area contributed by atoms with Crippen molar-refractivity contribution in [1.29, 1.82) is 0 Å². The zero-order valence-electron chi connectivity index (χ0n) is 19.5. The summed E-state index contributed by atoms with van der Waals surface area (Å²) in [5.74, 6) is 1.95. The van der Waals surface area contributed by atoms with Crippen molar-refractivity contribution in [3.8, 4) is 5.00 Å². The Kier molecular flexibility index (Phi) is 4.16. The van der Waals surface area contributed by atoms with Crippen molar-refractivity contribution in [3.05, 3.63) is 62.5 Å². The Balaban J connectivity index is 1.36. The summed E-state index contributed by atoms with van der Waals surface area (Å²) in [7, 11) is 0. The SMILES string of the molecule is Cc1nnc2n1-c1sc3c(c1C(c1ccccc1Cl)=NC21CC1)C[C@H](C(=O)NC1CC1(C)C)C3. The van der Waals surface area contributed by atoms with E-state index in [9.17, 15) is 4.79 Å². The number of benzene rings is 1. The molecular weight excluding hydrogens is 466 g/mol. The number of halogens is 1. The number of fused-ring (bicyclic) bond motifs is 6. The van der Waals surface area contributed by atoms with Crippen LogP contribution < -0.4 is 5.32 Å². The van der Waals surface area contributed by atoms with Gasteiger partial charge in [-0.3, -0.25) is 14.4 Å². The van der Waals surface area contributed by atoms with E-state index >= 15 is 0 Å². The summed E-state index contributed by atoms with van der Waals surface area (Å²) >= 11 is 8.49. The average molecular weight is 492 g/mol. The standard InChI is InChI=1S/C26H26ClN5OS/c1-13-30-31-24-26(8-9-26)29-21(15-6-4-5-7-17(15)27)20-16-10-14(11-18(16)34-23(20)32(13)24)22(33)28-19-12-25(19,2)3/h4-7,14,19H,8-12H2,1-3H3,(H,28,33)/t14-,19?/m0/s1. The minimum absolute atomic E-state index is 0.0323. The van der Waals surface area contributed by atoms with Gasteiger partial charge in [0.25, 0.3) is 0 Å². The van der Waals surface area contributed by atoms with Gasteiger partial charge in [-0.2, -0.15) is 0 Å². The van der Waals surface area contributed by atoms with E-state index < -0.39 is 0 Å². The monoisotopic (exact) mass is 491 g/mol. The molecule has 1 aromatic carbocycles. The van der Waals surface area contributed by atoms with Crippen LogP contribution in [0, 0.1) is 18.3 Å². The number of amides is 1. The molecule has 2 atom stereocenters. The Hall–Kier alpha value is -2.51. The van der Waals surface area contributed by atoms with E-state index in [0.717, 1.165) is 65.6 Å². The second-order valence-electron chi connectivity index (χ2n) is 10.9. The highest BCUT2D eigenvalue weighted by Crippen LogP contribution is 2.54. The Morgan fingerprint density at radius 3 is 2.68 bits per heavy atom.